The molecular weight excluding hydrogens is 660 g/mol. The molecule has 0 saturated carbocycles. The first kappa shape index (κ1) is 29.6. The third kappa shape index (κ3) is 4.71. The Labute approximate surface area is 254 Å². The summed E-state index contributed by atoms with van der Waals surface area (Å²) >= 11 is 2.00. The average molecular weight is 687 g/mol. The van der Waals surface area contributed by atoms with Crippen molar-refractivity contribution in [3.05, 3.63) is 67.7 Å². The molecule has 42 heavy (non-hydrogen) atoms. The topological polar surface area (TPSA) is 117 Å². The summed E-state index contributed by atoms with van der Waals surface area (Å²) in [5.41, 5.74) is -0.0276. The number of rotatable bonds is 3. The molecule has 4 aliphatic heterocycles. The molecular formula is C30H27FIN3O7. The average Bonchev–Trinajstić information content (AvgIpc) is 2.94. The second kappa shape index (κ2) is 10.7. The number of benzene rings is 1. The summed E-state index contributed by atoms with van der Waals surface area (Å²) in [6, 6.07) is 2.46. The van der Waals surface area contributed by atoms with Crippen molar-refractivity contribution in [2.45, 2.75) is 45.3 Å². The number of hydrogen-bond acceptors (Lipinski definition) is 9. The van der Waals surface area contributed by atoms with Crippen molar-refractivity contribution in [1.82, 2.24) is 4.90 Å². The van der Waals surface area contributed by atoms with E-state index in [0.717, 1.165) is 0 Å². The SMILES string of the molecule is CC[C@@]1(O)C(=C=O)OCC2=C1C=CN(CC1=C(I)C(=C=O)c3cc(F)cc4c3N1CCN4C(=O)OC(C)(C)C)C2=C=O. The van der Waals surface area contributed by atoms with E-state index >= 15 is 0 Å². The van der Waals surface area contributed by atoms with E-state index in [1.807, 2.05) is 39.4 Å². The molecule has 1 amide bonds. The van der Waals surface area contributed by atoms with Crippen molar-refractivity contribution in [1.29, 1.82) is 0 Å². The standard InChI is InChI=1S/C30H27FIN3O7/c1-5-30(40)21-6-7-33(24(14-37)20(21)16-41-25(30)15-38)12-23-26(32)19(13-36)18-10-17(31)11-22-27(18)34(23)8-9-35(22)28(39)42-29(2,3)4/h6-7,10-11,40H,5,8-9,12,16H2,1-4H3/t30-/m0/s1. The molecule has 0 spiro atoms. The van der Waals surface area contributed by atoms with Gasteiger partial charge in [0.15, 0.2) is 17.5 Å². The molecule has 5 rings (SSSR count). The van der Waals surface area contributed by atoms with E-state index in [1.165, 1.54) is 17.0 Å². The lowest BCUT2D eigenvalue weighted by atomic mass is 9.81. The minimum absolute atomic E-state index is 0.0743. The van der Waals surface area contributed by atoms with Crippen molar-refractivity contribution in [3.63, 3.8) is 0 Å². The lowest BCUT2D eigenvalue weighted by Crippen LogP contribution is -2.48. The van der Waals surface area contributed by atoms with Gasteiger partial charge in [0, 0.05) is 36.0 Å². The molecule has 0 bridgehead atoms. The van der Waals surface area contributed by atoms with E-state index in [4.69, 9.17) is 9.47 Å². The Bertz CT molecular complexity index is 1650. The van der Waals surface area contributed by atoms with Crippen LogP contribution in [0.1, 0.15) is 39.7 Å². The Balaban J connectivity index is 1.57. The van der Waals surface area contributed by atoms with Crippen molar-refractivity contribution < 1.29 is 38.1 Å². The number of nitrogens with zero attached hydrogens (tertiary/aromatic N) is 3. The van der Waals surface area contributed by atoms with Crippen LogP contribution in [0.3, 0.4) is 0 Å². The van der Waals surface area contributed by atoms with E-state index in [9.17, 15) is 28.7 Å². The summed E-state index contributed by atoms with van der Waals surface area (Å²) in [6.45, 7) is 7.26. The van der Waals surface area contributed by atoms with Gasteiger partial charge in [0.1, 0.15) is 29.7 Å². The van der Waals surface area contributed by atoms with Crippen LogP contribution in [-0.2, 0) is 23.9 Å². The van der Waals surface area contributed by atoms with Gasteiger partial charge < -0.3 is 24.4 Å². The first-order valence-electron chi connectivity index (χ1n) is 13.2. The fourth-order valence-corrected chi connectivity index (χ4v) is 6.41. The van der Waals surface area contributed by atoms with E-state index < -0.39 is 23.1 Å². The van der Waals surface area contributed by atoms with Crippen molar-refractivity contribution in [2.24, 2.45) is 0 Å². The molecule has 10 nitrogen and oxygen atoms in total. The second-order valence-corrected chi connectivity index (χ2v) is 12.1. The maximum Gasteiger partial charge on any atom is 0.414 e. The van der Waals surface area contributed by atoms with Crippen LogP contribution in [0.25, 0.3) is 5.57 Å². The number of hydrogen-bond donors (Lipinski definition) is 1. The van der Waals surface area contributed by atoms with Gasteiger partial charge in [-0.1, -0.05) is 6.92 Å². The van der Waals surface area contributed by atoms with E-state index in [2.05, 4.69) is 0 Å². The van der Waals surface area contributed by atoms with Gasteiger partial charge in [-0.25, -0.2) is 23.6 Å². The normalized spacial score (nSPS) is 21.4. The number of aliphatic hydroxyl groups is 1. The Morgan fingerprint density at radius 2 is 1.93 bits per heavy atom. The molecule has 0 radical (unpaired) electrons. The molecule has 1 N–H and O–H groups in total. The summed E-state index contributed by atoms with van der Waals surface area (Å²) in [7, 11) is 0. The molecule has 0 unspecified atom stereocenters. The van der Waals surface area contributed by atoms with Crippen molar-refractivity contribution in [3.8, 4) is 0 Å². The van der Waals surface area contributed by atoms with Crippen LogP contribution < -0.4 is 9.80 Å². The van der Waals surface area contributed by atoms with Crippen LogP contribution in [0.5, 0.6) is 0 Å². The summed E-state index contributed by atoms with van der Waals surface area (Å²) < 4.78 is 26.4. The van der Waals surface area contributed by atoms with E-state index in [0.29, 0.717) is 26.1 Å². The minimum Gasteiger partial charge on any atom is -0.479 e. The zero-order chi connectivity index (χ0) is 30.6. The lowest BCUT2D eigenvalue weighted by molar-refractivity contribution is 0.0313. The maximum absolute atomic E-state index is 14.9. The van der Waals surface area contributed by atoms with Crippen LogP contribution in [0.4, 0.5) is 20.6 Å². The molecule has 1 aromatic carbocycles. The van der Waals surface area contributed by atoms with Gasteiger partial charge >= 0.3 is 6.09 Å². The lowest BCUT2D eigenvalue weighted by Gasteiger charge is -2.44. The molecule has 218 valence electrons. The highest BCUT2D eigenvalue weighted by molar-refractivity contribution is 14.1. The van der Waals surface area contributed by atoms with E-state index in [-0.39, 0.29) is 60.9 Å². The number of ether oxygens (including phenoxy) is 2. The number of anilines is 2. The highest BCUT2D eigenvalue weighted by Crippen LogP contribution is 2.50. The third-order valence-corrected chi connectivity index (χ3v) is 8.63. The zero-order valence-electron chi connectivity index (χ0n) is 23.3. The number of carbonyl (C=O) groups excluding carboxylic acids is 4. The monoisotopic (exact) mass is 687 g/mol. The predicted molar refractivity (Wildman–Crippen MR) is 160 cm³/mol. The first-order valence-corrected chi connectivity index (χ1v) is 14.3. The quantitative estimate of drug-likeness (QED) is 0.372. The number of amides is 1. The first-order chi connectivity index (χ1) is 19.9. The van der Waals surface area contributed by atoms with Gasteiger partial charge in [-0.15, -0.1) is 0 Å². The molecule has 4 aliphatic rings. The molecule has 4 heterocycles. The second-order valence-electron chi connectivity index (χ2n) is 11.1. The molecule has 0 aliphatic carbocycles. The van der Waals surface area contributed by atoms with Crippen LogP contribution in [-0.4, -0.2) is 71.4 Å². The summed E-state index contributed by atoms with van der Waals surface area (Å²) in [6.07, 6.45) is 2.67. The Kier molecular flexibility index (Phi) is 7.55. The van der Waals surface area contributed by atoms with Crippen LogP contribution in [0, 0.1) is 5.82 Å². The Hall–Kier alpha value is -3.92. The van der Waals surface area contributed by atoms with Gasteiger partial charge in [-0.2, -0.15) is 0 Å². The molecule has 0 aromatic heterocycles. The van der Waals surface area contributed by atoms with Gasteiger partial charge in [-0.05, 0) is 68.0 Å². The van der Waals surface area contributed by atoms with Gasteiger partial charge in [-0.3, -0.25) is 4.90 Å². The summed E-state index contributed by atoms with van der Waals surface area (Å²) in [5, 5.41) is 11.2. The van der Waals surface area contributed by atoms with Crippen molar-refractivity contribution >= 4 is 63.5 Å². The highest BCUT2D eigenvalue weighted by atomic mass is 127. The summed E-state index contributed by atoms with van der Waals surface area (Å²) in [5.74, 6) is 4.65. The molecule has 0 fully saturated rings. The summed E-state index contributed by atoms with van der Waals surface area (Å²) in [4.78, 5) is 54.0. The van der Waals surface area contributed by atoms with Gasteiger partial charge in [0.05, 0.1) is 32.8 Å². The molecule has 12 heteroatoms. The maximum atomic E-state index is 14.9. The predicted octanol–water partition coefficient (Wildman–Crippen LogP) is 3.99. The van der Waals surface area contributed by atoms with Crippen LogP contribution >= 0.6 is 22.6 Å². The molecule has 1 atom stereocenters. The number of carbonyl (C=O) groups is 1. The van der Waals surface area contributed by atoms with Crippen LogP contribution in [0.15, 0.2) is 56.3 Å². The Morgan fingerprint density at radius 3 is 2.55 bits per heavy atom. The number of allylic oxidation sites excluding steroid dienone is 2. The van der Waals surface area contributed by atoms with Gasteiger partial charge in [0.2, 0.25) is 5.76 Å². The highest BCUT2D eigenvalue weighted by Gasteiger charge is 2.45. The number of halogens is 2. The zero-order valence-corrected chi connectivity index (χ0v) is 25.5. The Morgan fingerprint density at radius 1 is 1.19 bits per heavy atom. The smallest absolute Gasteiger partial charge is 0.414 e. The van der Waals surface area contributed by atoms with Gasteiger partial charge in [0.25, 0.3) is 0 Å². The molecule has 0 saturated heterocycles. The minimum atomic E-state index is -1.75. The van der Waals surface area contributed by atoms with Crippen LogP contribution in [0.2, 0.25) is 0 Å². The fourth-order valence-electron chi connectivity index (χ4n) is 5.55. The largest absolute Gasteiger partial charge is 0.479 e. The molecule has 1 aromatic rings. The fraction of sp³-hybridized carbons (Fsp3) is 0.367. The van der Waals surface area contributed by atoms with Crippen molar-refractivity contribution in [2.75, 3.05) is 36.0 Å². The van der Waals surface area contributed by atoms with E-state index in [1.54, 1.807) is 50.8 Å². The third-order valence-electron chi connectivity index (χ3n) is 7.47.